The van der Waals surface area contributed by atoms with Crippen LogP contribution >= 0.6 is 0 Å². The molecule has 0 amide bonds. The minimum absolute atomic E-state index is 0.0148. The standard InChI is InChI=1S/C24H28N4O2/c1-19-6-5-9-24(26-19)27-21-10-11-22(25-16-21)23-17-28(13-15-30-23)12-14-29-18-20-7-3-2-4-8-20/h2-11,16,23H,12-15,17-18H2,1H3,(H,26,27)/t23-/m1/s1. The number of nitrogens with one attached hydrogen (secondary N) is 1. The van der Waals surface area contributed by atoms with Gasteiger partial charge < -0.3 is 14.8 Å². The first-order valence-electron chi connectivity index (χ1n) is 10.4. The molecule has 1 aliphatic rings. The van der Waals surface area contributed by atoms with E-state index >= 15 is 0 Å². The van der Waals surface area contributed by atoms with Crippen molar-refractivity contribution in [1.29, 1.82) is 0 Å². The number of pyridine rings is 2. The molecule has 1 aromatic carbocycles. The molecule has 6 nitrogen and oxygen atoms in total. The Bertz CT molecular complexity index is 918. The lowest BCUT2D eigenvalue weighted by molar-refractivity contribution is -0.0405. The number of aryl methyl sites for hydroxylation is 1. The van der Waals surface area contributed by atoms with Crippen molar-refractivity contribution in [2.24, 2.45) is 0 Å². The molecule has 3 aromatic rings. The normalized spacial score (nSPS) is 17.0. The van der Waals surface area contributed by atoms with E-state index in [9.17, 15) is 0 Å². The second kappa shape index (κ2) is 10.3. The average molecular weight is 405 g/mol. The van der Waals surface area contributed by atoms with E-state index in [1.807, 2.05) is 61.7 Å². The maximum atomic E-state index is 5.97. The highest BCUT2D eigenvalue weighted by Crippen LogP contribution is 2.22. The molecule has 2 aromatic heterocycles. The Balaban J connectivity index is 1.25. The first kappa shape index (κ1) is 20.5. The largest absolute Gasteiger partial charge is 0.375 e. The molecule has 30 heavy (non-hydrogen) atoms. The Morgan fingerprint density at radius 2 is 2.00 bits per heavy atom. The van der Waals surface area contributed by atoms with E-state index in [4.69, 9.17) is 9.47 Å². The van der Waals surface area contributed by atoms with Crippen LogP contribution in [0.2, 0.25) is 0 Å². The summed E-state index contributed by atoms with van der Waals surface area (Å²) >= 11 is 0. The molecule has 0 aliphatic carbocycles. The topological polar surface area (TPSA) is 59.5 Å². The van der Waals surface area contributed by atoms with Crippen molar-refractivity contribution in [2.75, 3.05) is 38.2 Å². The second-order valence-corrected chi connectivity index (χ2v) is 7.46. The van der Waals surface area contributed by atoms with Gasteiger partial charge in [0, 0.05) is 25.3 Å². The summed E-state index contributed by atoms with van der Waals surface area (Å²) in [6.45, 7) is 6.69. The van der Waals surface area contributed by atoms with Crippen LogP contribution in [0, 0.1) is 6.92 Å². The van der Waals surface area contributed by atoms with E-state index in [0.717, 1.165) is 42.5 Å². The van der Waals surface area contributed by atoms with Gasteiger partial charge in [0.05, 0.1) is 37.4 Å². The molecule has 0 spiro atoms. The van der Waals surface area contributed by atoms with Gasteiger partial charge in [-0.15, -0.1) is 0 Å². The maximum Gasteiger partial charge on any atom is 0.130 e. The Hall–Kier alpha value is -2.80. The minimum Gasteiger partial charge on any atom is -0.375 e. The summed E-state index contributed by atoms with van der Waals surface area (Å²) in [5, 5.41) is 3.29. The molecule has 1 fully saturated rings. The summed E-state index contributed by atoms with van der Waals surface area (Å²) < 4.78 is 11.8. The zero-order chi connectivity index (χ0) is 20.6. The zero-order valence-electron chi connectivity index (χ0n) is 17.3. The fourth-order valence-corrected chi connectivity index (χ4v) is 3.47. The van der Waals surface area contributed by atoms with Crippen LogP contribution in [0.25, 0.3) is 0 Å². The fourth-order valence-electron chi connectivity index (χ4n) is 3.47. The van der Waals surface area contributed by atoms with Gasteiger partial charge in [0.1, 0.15) is 11.9 Å². The molecule has 0 unspecified atom stereocenters. The molecular formula is C24H28N4O2. The summed E-state index contributed by atoms with van der Waals surface area (Å²) in [6, 6.07) is 20.2. The molecular weight excluding hydrogens is 376 g/mol. The average Bonchev–Trinajstić information content (AvgIpc) is 2.78. The van der Waals surface area contributed by atoms with Crippen LogP contribution in [-0.4, -0.2) is 47.7 Å². The highest BCUT2D eigenvalue weighted by atomic mass is 16.5. The summed E-state index contributed by atoms with van der Waals surface area (Å²) in [5.74, 6) is 0.820. The van der Waals surface area contributed by atoms with Gasteiger partial charge in [-0.25, -0.2) is 4.98 Å². The van der Waals surface area contributed by atoms with Gasteiger partial charge in [0.2, 0.25) is 0 Å². The summed E-state index contributed by atoms with van der Waals surface area (Å²) in [7, 11) is 0. The van der Waals surface area contributed by atoms with Gasteiger partial charge in [0.15, 0.2) is 0 Å². The zero-order valence-corrected chi connectivity index (χ0v) is 17.3. The van der Waals surface area contributed by atoms with Crippen LogP contribution in [0.15, 0.2) is 66.9 Å². The van der Waals surface area contributed by atoms with Crippen LogP contribution in [0.5, 0.6) is 0 Å². The van der Waals surface area contributed by atoms with Gasteiger partial charge in [-0.05, 0) is 36.8 Å². The molecule has 0 bridgehead atoms. The first-order valence-corrected chi connectivity index (χ1v) is 10.4. The number of nitrogens with zero attached hydrogens (tertiary/aromatic N) is 3. The highest BCUT2D eigenvalue weighted by molar-refractivity contribution is 5.54. The first-order chi connectivity index (χ1) is 14.8. The number of aromatic nitrogens is 2. The number of ether oxygens (including phenoxy) is 2. The third-order valence-electron chi connectivity index (χ3n) is 5.09. The predicted molar refractivity (Wildman–Crippen MR) is 118 cm³/mol. The third-order valence-corrected chi connectivity index (χ3v) is 5.09. The lowest BCUT2D eigenvalue weighted by Gasteiger charge is -2.32. The monoisotopic (exact) mass is 404 g/mol. The van der Waals surface area contributed by atoms with Crippen molar-refractivity contribution in [3.8, 4) is 0 Å². The Labute approximate surface area is 177 Å². The summed E-state index contributed by atoms with van der Waals surface area (Å²) in [5.41, 5.74) is 4.05. The quantitative estimate of drug-likeness (QED) is 0.570. The molecule has 0 saturated carbocycles. The molecule has 156 valence electrons. The molecule has 0 radical (unpaired) electrons. The Kier molecular flexibility index (Phi) is 7.03. The SMILES string of the molecule is Cc1cccc(Nc2ccc([C@H]3CN(CCOCc4ccccc4)CCO3)nc2)n1. The molecule has 1 saturated heterocycles. The van der Waals surface area contributed by atoms with Gasteiger partial charge >= 0.3 is 0 Å². The van der Waals surface area contributed by atoms with Crippen molar-refractivity contribution in [3.63, 3.8) is 0 Å². The van der Waals surface area contributed by atoms with Crippen molar-refractivity contribution in [3.05, 3.63) is 83.8 Å². The van der Waals surface area contributed by atoms with Crippen LogP contribution in [0.4, 0.5) is 11.5 Å². The van der Waals surface area contributed by atoms with Gasteiger partial charge in [-0.1, -0.05) is 36.4 Å². The van der Waals surface area contributed by atoms with Gasteiger partial charge in [-0.3, -0.25) is 9.88 Å². The Morgan fingerprint density at radius 1 is 1.10 bits per heavy atom. The number of rotatable bonds is 8. The maximum absolute atomic E-state index is 5.97. The lowest BCUT2D eigenvalue weighted by Crippen LogP contribution is -2.40. The fraction of sp³-hybridized carbons (Fsp3) is 0.333. The van der Waals surface area contributed by atoms with E-state index in [2.05, 4.69) is 32.3 Å². The third kappa shape index (κ3) is 5.86. The summed E-state index contributed by atoms with van der Waals surface area (Å²) in [4.78, 5) is 11.5. The number of anilines is 2. The number of morpholine rings is 1. The van der Waals surface area contributed by atoms with Crippen molar-refractivity contribution in [2.45, 2.75) is 19.6 Å². The number of hydrogen-bond donors (Lipinski definition) is 1. The predicted octanol–water partition coefficient (Wildman–Crippen LogP) is 4.12. The van der Waals surface area contributed by atoms with Gasteiger partial charge in [0.25, 0.3) is 0 Å². The van der Waals surface area contributed by atoms with Crippen molar-refractivity contribution >= 4 is 11.5 Å². The van der Waals surface area contributed by atoms with E-state index in [0.29, 0.717) is 19.8 Å². The molecule has 4 rings (SSSR count). The van der Waals surface area contributed by atoms with Crippen LogP contribution in [0.1, 0.15) is 23.1 Å². The van der Waals surface area contributed by atoms with Gasteiger partial charge in [-0.2, -0.15) is 0 Å². The lowest BCUT2D eigenvalue weighted by atomic mass is 10.2. The molecule has 6 heteroatoms. The number of hydrogen-bond acceptors (Lipinski definition) is 6. The smallest absolute Gasteiger partial charge is 0.130 e. The Morgan fingerprint density at radius 3 is 2.80 bits per heavy atom. The van der Waals surface area contributed by atoms with Crippen molar-refractivity contribution < 1.29 is 9.47 Å². The van der Waals surface area contributed by atoms with Crippen LogP contribution in [-0.2, 0) is 16.1 Å². The summed E-state index contributed by atoms with van der Waals surface area (Å²) in [6.07, 6.45) is 1.82. The highest BCUT2D eigenvalue weighted by Gasteiger charge is 2.22. The van der Waals surface area contributed by atoms with E-state index < -0.39 is 0 Å². The number of benzene rings is 1. The van der Waals surface area contributed by atoms with E-state index in [1.54, 1.807) is 0 Å². The molecule has 3 heterocycles. The van der Waals surface area contributed by atoms with E-state index in [-0.39, 0.29) is 6.10 Å². The molecule has 1 atom stereocenters. The van der Waals surface area contributed by atoms with Crippen molar-refractivity contribution in [1.82, 2.24) is 14.9 Å². The second-order valence-electron chi connectivity index (χ2n) is 7.46. The minimum atomic E-state index is -0.0148. The van der Waals surface area contributed by atoms with Crippen LogP contribution < -0.4 is 5.32 Å². The molecule has 1 N–H and O–H groups in total. The van der Waals surface area contributed by atoms with Crippen LogP contribution in [0.3, 0.4) is 0 Å². The molecule has 1 aliphatic heterocycles. The van der Waals surface area contributed by atoms with E-state index in [1.165, 1.54) is 5.56 Å².